The molecule has 1 aliphatic heterocycles. The SMILES string of the molecule is CN1C(N(C(=O)OC(C)(C)C)C(=O)OC(C)(C)C)=NC(C)(c2cc(Br)ccc2F)CS1(=O)=O. The molecule has 1 heterocycles. The topological polar surface area (TPSA) is 106 Å². The molecule has 1 atom stereocenters. The van der Waals surface area contributed by atoms with Crippen LogP contribution in [0.1, 0.15) is 54.0 Å². The van der Waals surface area contributed by atoms with Crippen molar-refractivity contribution in [2.45, 2.75) is 65.2 Å². The predicted octanol–water partition coefficient (Wildman–Crippen LogP) is 4.61. The van der Waals surface area contributed by atoms with Gasteiger partial charge in [-0.15, -0.1) is 4.90 Å². The second-order valence-corrected chi connectivity index (χ2v) is 12.7. The van der Waals surface area contributed by atoms with E-state index in [4.69, 9.17) is 9.47 Å². The third-order valence-corrected chi connectivity index (χ3v) is 6.79. The van der Waals surface area contributed by atoms with Crippen LogP contribution in [0.25, 0.3) is 0 Å². The largest absolute Gasteiger partial charge is 0.443 e. The maximum atomic E-state index is 14.7. The fourth-order valence-corrected chi connectivity index (χ4v) is 4.85. The number of guanidine groups is 1. The molecule has 1 aromatic carbocycles. The molecule has 1 aliphatic rings. The van der Waals surface area contributed by atoms with E-state index in [9.17, 15) is 22.4 Å². The van der Waals surface area contributed by atoms with Crippen molar-refractivity contribution in [2.24, 2.45) is 4.99 Å². The highest BCUT2D eigenvalue weighted by Crippen LogP contribution is 2.36. The number of aliphatic imine (C=N–C) groups is 1. The Morgan fingerprint density at radius 1 is 1.12 bits per heavy atom. The average molecular weight is 550 g/mol. The smallest absolute Gasteiger partial charge is 0.427 e. The summed E-state index contributed by atoms with van der Waals surface area (Å²) in [7, 11) is -2.99. The second kappa shape index (κ2) is 8.86. The van der Waals surface area contributed by atoms with Gasteiger partial charge in [0.2, 0.25) is 16.0 Å². The first-order chi connectivity index (χ1) is 14.8. The molecule has 1 aromatic rings. The van der Waals surface area contributed by atoms with Crippen LogP contribution in [0.4, 0.5) is 14.0 Å². The lowest BCUT2D eigenvalue weighted by Crippen LogP contribution is -2.58. The predicted molar refractivity (Wildman–Crippen MR) is 125 cm³/mol. The van der Waals surface area contributed by atoms with E-state index in [0.717, 1.165) is 7.05 Å². The van der Waals surface area contributed by atoms with Gasteiger partial charge < -0.3 is 9.47 Å². The van der Waals surface area contributed by atoms with E-state index >= 15 is 0 Å². The third-order valence-electron chi connectivity index (χ3n) is 4.37. The number of carbonyl (C=O) groups is 2. The van der Waals surface area contributed by atoms with Gasteiger partial charge >= 0.3 is 12.2 Å². The van der Waals surface area contributed by atoms with Crippen LogP contribution in [0.2, 0.25) is 0 Å². The Balaban J connectivity index is 2.75. The number of nitrogens with zero attached hydrogens (tertiary/aromatic N) is 3. The Morgan fingerprint density at radius 2 is 1.61 bits per heavy atom. The summed E-state index contributed by atoms with van der Waals surface area (Å²) in [6.07, 6.45) is -2.37. The van der Waals surface area contributed by atoms with Crippen LogP contribution in [-0.2, 0) is 25.0 Å². The summed E-state index contributed by atoms with van der Waals surface area (Å²) in [6.45, 7) is 10.9. The zero-order chi connectivity index (χ0) is 25.6. The molecule has 184 valence electrons. The number of amides is 2. The third kappa shape index (κ3) is 6.44. The molecule has 0 bridgehead atoms. The summed E-state index contributed by atoms with van der Waals surface area (Å²) in [5.41, 5.74) is -3.70. The molecule has 0 saturated carbocycles. The summed E-state index contributed by atoms with van der Waals surface area (Å²) < 4.78 is 52.7. The summed E-state index contributed by atoms with van der Waals surface area (Å²) in [4.78, 5) is 30.9. The number of sulfonamides is 1. The minimum Gasteiger partial charge on any atom is -0.443 e. The lowest BCUT2D eigenvalue weighted by molar-refractivity contribution is 0.0133. The van der Waals surface area contributed by atoms with Crippen molar-refractivity contribution in [3.05, 3.63) is 34.1 Å². The van der Waals surface area contributed by atoms with Gasteiger partial charge in [-0.3, -0.25) is 0 Å². The molecule has 0 N–H and O–H groups in total. The molecular formula is C21H29BrFN3O6S. The summed E-state index contributed by atoms with van der Waals surface area (Å²) in [5.74, 6) is -1.85. The minimum absolute atomic E-state index is 0.0284. The van der Waals surface area contributed by atoms with Gasteiger partial charge in [0.15, 0.2) is 0 Å². The van der Waals surface area contributed by atoms with Gasteiger partial charge in [-0.2, -0.15) is 0 Å². The van der Waals surface area contributed by atoms with Crippen molar-refractivity contribution >= 4 is 44.1 Å². The van der Waals surface area contributed by atoms with E-state index in [0.29, 0.717) is 13.7 Å². The average Bonchev–Trinajstić information content (AvgIpc) is 2.58. The van der Waals surface area contributed by atoms with Gasteiger partial charge in [0, 0.05) is 17.1 Å². The maximum Gasteiger partial charge on any atom is 0.427 e. The van der Waals surface area contributed by atoms with E-state index in [-0.39, 0.29) is 5.56 Å². The van der Waals surface area contributed by atoms with E-state index in [1.54, 1.807) is 41.5 Å². The van der Waals surface area contributed by atoms with Crippen molar-refractivity contribution in [3.8, 4) is 0 Å². The Bertz CT molecular complexity index is 1070. The van der Waals surface area contributed by atoms with Crippen molar-refractivity contribution in [1.29, 1.82) is 0 Å². The van der Waals surface area contributed by atoms with Crippen LogP contribution < -0.4 is 0 Å². The van der Waals surface area contributed by atoms with Crippen molar-refractivity contribution in [3.63, 3.8) is 0 Å². The molecule has 12 heteroatoms. The van der Waals surface area contributed by atoms with Gasteiger partial charge in [-0.25, -0.2) is 31.7 Å². The molecule has 9 nitrogen and oxygen atoms in total. The highest BCUT2D eigenvalue weighted by Gasteiger charge is 2.48. The molecule has 2 rings (SSSR count). The first kappa shape index (κ1) is 27.0. The number of benzene rings is 1. The van der Waals surface area contributed by atoms with Crippen LogP contribution in [0.3, 0.4) is 0 Å². The molecule has 1 unspecified atom stereocenters. The zero-order valence-corrected chi connectivity index (χ0v) is 22.3. The first-order valence-corrected chi connectivity index (χ1v) is 12.4. The van der Waals surface area contributed by atoms with Crippen molar-refractivity contribution in [1.82, 2.24) is 9.21 Å². The highest BCUT2D eigenvalue weighted by molar-refractivity contribution is 9.10. The normalized spacial score (nSPS) is 20.7. The lowest BCUT2D eigenvalue weighted by atomic mass is 9.94. The fraction of sp³-hybridized carbons (Fsp3) is 0.571. The lowest BCUT2D eigenvalue weighted by Gasteiger charge is -2.39. The number of imide groups is 1. The number of ether oxygens (including phenoxy) is 2. The van der Waals surface area contributed by atoms with Gasteiger partial charge in [0.05, 0.1) is 5.75 Å². The number of hydrogen-bond donors (Lipinski definition) is 0. The van der Waals surface area contributed by atoms with Gasteiger partial charge in [0.25, 0.3) is 0 Å². The van der Waals surface area contributed by atoms with E-state index in [2.05, 4.69) is 20.9 Å². The Hall–Kier alpha value is -2.21. The Morgan fingerprint density at radius 3 is 2.06 bits per heavy atom. The quantitative estimate of drug-likeness (QED) is 0.506. The molecule has 33 heavy (non-hydrogen) atoms. The Kier molecular flexibility index (Phi) is 7.26. The fourth-order valence-electron chi connectivity index (χ4n) is 2.99. The van der Waals surface area contributed by atoms with Crippen LogP contribution in [0.5, 0.6) is 0 Å². The summed E-state index contributed by atoms with van der Waals surface area (Å²) in [5, 5.41) is 0. The number of carbonyl (C=O) groups excluding carboxylic acids is 2. The van der Waals surface area contributed by atoms with Crippen LogP contribution >= 0.6 is 15.9 Å². The monoisotopic (exact) mass is 549 g/mol. The van der Waals surface area contributed by atoms with E-state index in [1.807, 2.05) is 0 Å². The number of halogens is 2. The Labute approximate surface area is 202 Å². The molecule has 2 amide bonds. The molecular weight excluding hydrogens is 521 g/mol. The molecule has 0 spiro atoms. The van der Waals surface area contributed by atoms with Gasteiger partial charge in [-0.1, -0.05) is 15.9 Å². The molecule has 0 saturated heterocycles. The second-order valence-electron chi connectivity index (χ2n) is 9.83. The van der Waals surface area contributed by atoms with Crippen molar-refractivity contribution < 1.29 is 31.9 Å². The summed E-state index contributed by atoms with van der Waals surface area (Å²) in [6, 6.07) is 4.04. The molecule has 0 fully saturated rings. The summed E-state index contributed by atoms with van der Waals surface area (Å²) >= 11 is 3.25. The molecule has 0 radical (unpaired) electrons. The van der Waals surface area contributed by atoms with Gasteiger partial charge in [0.1, 0.15) is 22.6 Å². The van der Waals surface area contributed by atoms with E-state index < -0.39 is 56.5 Å². The van der Waals surface area contributed by atoms with Crippen LogP contribution in [0, 0.1) is 5.82 Å². The van der Waals surface area contributed by atoms with Crippen LogP contribution in [0.15, 0.2) is 27.7 Å². The molecule has 0 aromatic heterocycles. The van der Waals surface area contributed by atoms with Crippen molar-refractivity contribution in [2.75, 3.05) is 12.8 Å². The standard InChI is InChI=1S/C21H29BrFN3O6S/c1-19(2,3)31-17(27)26(18(28)32-20(4,5)6)16-24-21(7,12-33(29,30)25(16)8)14-11-13(22)9-10-15(14)23/h9-11H,12H2,1-8H3. The van der Waals surface area contributed by atoms with E-state index in [1.165, 1.54) is 25.1 Å². The highest BCUT2D eigenvalue weighted by atomic mass is 79.9. The van der Waals surface area contributed by atoms with Crippen LogP contribution in [-0.4, -0.2) is 59.8 Å². The van der Waals surface area contributed by atoms with Gasteiger partial charge in [-0.05, 0) is 66.7 Å². The number of hydrogen-bond acceptors (Lipinski definition) is 7. The first-order valence-electron chi connectivity index (χ1n) is 10.0. The number of rotatable bonds is 1. The minimum atomic E-state index is -4.13. The zero-order valence-electron chi connectivity index (χ0n) is 19.9. The molecule has 0 aliphatic carbocycles. The maximum absolute atomic E-state index is 14.7.